The smallest absolute Gasteiger partial charge is 0.240 e. The lowest BCUT2D eigenvalue weighted by Gasteiger charge is -2.07. The average Bonchev–Trinajstić information content (AvgIpc) is 2.68. The van der Waals surface area contributed by atoms with Crippen molar-refractivity contribution in [3.05, 3.63) is 84.6 Å². The van der Waals surface area contributed by atoms with Crippen LogP contribution in [0.4, 0.5) is 0 Å². The maximum Gasteiger partial charge on any atom is 0.240 e. The number of nitrogens with one attached hydrogen (secondary N) is 1. The molecule has 0 atom stereocenters. The van der Waals surface area contributed by atoms with Gasteiger partial charge in [0.25, 0.3) is 0 Å². The van der Waals surface area contributed by atoms with Crippen molar-refractivity contribution in [1.29, 1.82) is 0 Å². The van der Waals surface area contributed by atoms with Crippen LogP contribution >= 0.6 is 0 Å². The fourth-order valence-electron chi connectivity index (χ4n) is 2.29. The molecule has 0 saturated carbocycles. The van der Waals surface area contributed by atoms with Gasteiger partial charge in [-0.2, -0.15) is 0 Å². The van der Waals surface area contributed by atoms with Crippen LogP contribution < -0.4 is 4.72 Å². The number of sulfonamides is 1. The number of rotatable bonds is 6. The van der Waals surface area contributed by atoms with Crippen molar-refractivity contribution in [2.45, 2.75) is 4.90 Å². The lowest BCUT2D eigenvalue weighted by atomic mass is 10.1. The molecule has 0 aliphatic carbocycles. The summed E-state index contributed by atoms with van der Waals surface area (Å²) in [5, 5.41) is 0. The van der Waals surface area contributed by atoms with Crippen LogP contribution in [-0.2, 0) is 10.0 Å². The minimum atomic E-state index is -3.72. The van der Waals surface area contributed by atoms with Crippen LogP contribution in [0, 0.1) is 0 Å². The summed E-state index contributed by atoms with van der Waals surface area (Å²) >= 11 is 0. The summed E-state index contributed by atoms with van der Waals surface area (Å²) in [6.45, 7) is -0.345. The van der Waals surface area contributed by atoms with E-state index in [1.807, 2.05) is 30.3 Å². The monoisotopic (exact) mass is 352 g/mol. The summed E-state index contributed by atoms with van der Waals surface area (Å²) in [4.78, 5) is 16.8. The fourth-order valence-corrected chi connectivity index (χ4v) is 3.30. The first kappa shape index (κ1) is 17.0. The van der Waals surface area contributed by atoms with Gasteiger partial charge in [-0.15, -0.1) is 0 Å². The molecule has 0 spiro atoms. The summed E-state index contributed by atoms with van der Waals surface area (Å²) in [6.07, 6.45) is 0. The predicted molar refractivity (Wildman–Crippen MR) is 95.6 cm³/mol. The van der Waals surface area contributed by atoms with E-state index in [1.54, 1.807) is 36.4 Å². The summed E-state index contributed by atoms with van der Waals surface area (Å²) in [7, 11) is -3.72. The summed E-state index contributed by atoms with van der Waals surface area (Å²) < 4.78 is 26.7. The Bertz CT molecular complexity index is 972. The second kappa shape index (κ2) is 7.38. The van der Waals surface area contributed by atoms with E-state index in [9.17, 15) is 13.2 Å². The van der Waals surface area contributed by atoms with Crippen LogP contribution in [0.3, 0.4) is 0 Å². The Morgan fingerprint density at radius 2 is 1.48 bits per heavy atom. The van der Waals surface area contributed by atoms with E-state index < -0.39 is 15.8 Å². The highest BCUT2D eigenvalue weighted by atomic mass is 32.2. The highest BCUT2D eigenvalue weighted by molar-refractivity contribution is 7.89. The van der Waals surface area contributed by atoms with Crippen LogP contribution in [0.2, 0.25) is 0 Å². The maximum absolute atomic E-state index is 12.3. The maximum atomic E-state index is 12.3. The first-order chi connectivity index (χ1) is 12.1. The number of pyridine rings is 1. The number of carbonyl (C=O) groups is 1. The normalized spacial score (nSPS) is 11.2. The molecule has 3 rings (SSSR count). The van der Waals surface area contributed by atoms with E-state index >= 15 is 0 Å². The predicted octanol–water partition coefficient (Wildman–Crippen LogP) is 2.91. The molecule has 0 bridgehead atoms. The Morgan fingerprint density at radius 1 is 0.840 bits per heavy atom. The molecule has 25 heavy (non-hydrogen) atoms. The zero-order valence-electron chi connectivity index (χ0n) is 13.3. The van der Waals surface area contributed by atoms with Gasteiger partial charge in [0.05, 0.1) is 17.1 Å². The summed E-state index contributed by atoms with van der Waals surface area (Å²) in [6, 6.07) is 22.5. The standard InChI is InChI=1S/C19H16N2O3S/c22-19(14-20-25(23,24)16-10-5-2-6-11-16)18-13-7-12-17(21-18)15-8-3-1-4-9-15/h1-13,20H,14H2. The van der Waals surface area contributed by atoms with Crippen molar-refractivity contribution in [1.82, 2.24) is 9.71 Å². The Morgan fingerprint density at radius 3 is 2.16 bits per heavy atom. The van der Waals surface area contributed by atoms with E-state index in [1.165, 1.54) is 12.1 Å². The summed E-state index contributed by atoms with van der Waals surface area (Å²) in [5.41, 5.74) is 1.77. The van der Waals surface area contributed by atoms with Gasteiger partial charge in [0, 0.05) is 5.56 Å². The molecule has 1 aromatic heterocycles. The minimum Gasteiger partial charge on any atom is -0.291 e. The van der Waals surface area contributed by atoms with Gasteiger partial charge in [0.15, 0.2) is 5.78 Å². The number of ketones is 1. The second-order valence-electron chi connectivity index (χ2n) is 5.33. The molecule has 0 aliphatic heterocycles. The molecule has 3 aromatic rings. The number of hydrogen-bond acceptors (Lipinski definition) is 4. The molecule has 5 nitrogen and oxygen atoms in total. The third kappa shape index (κ3) is 4.17. The molecule has 6 heteroatoms. The molecule has 2 aromatic carbocycles. The van der Waals surface area contributed by atoms with Crippen molar-refractivity contribution in [2.24, 2.45) is 0 Å². The van der Waals surface area contributed by atoms with Gasteiger partial charge in [-0.1, -0.05) is 54.6 Å². The SMILES string of the molecule is O=C(CNS(=O)(=O)c1ccccc1)c1cccc(-c2ccccc2)n1. The van der Waals surface area contributed by atoms with E-state index in [-0.39, 0.29) is 17.1 Å². The molecule has 126 valence electrons. The van der Waals surface area contributed by atoms with Crippen molar-refractivity contribution in [2.75, 3.05) is 6.54 Å². The Labute approximate surface area is 146 Å². The average molecular weight is 352 g/mol. The van der Waals surface area contributed by atoms with Gasteiger partial charge in [-0.25, -0.2) is 18.1 Å². The largest absolute Gasteiger partial charge is 0.291 e. The number of carbonyl (C=O) groups excluding carboxylic acids is 1. The zero-order chi connectivity index (χ0) is 17.7. The quantitative estimate of drug-likeness (QED) is 0.692. The van der Waals surface area contributed by atoms with Gasteiger partial charge >= 0.3 is 0 Å². The molecule has 1 heterocycles. The topological polar surface area (TPSA) is 76.1 Å². The van der Waals surface area contributed by atoms with E-state index in [0.717, 1.165) is 5.56 Å². The number of nitrogens with zero attached hydrogens (tertiary/aromatic N) is 1. The molecule has 0 unspecified atom stereocenters. The summed E-state index contributed by atoms with van der Waals surface area (Å²) in [5.74, 6) is -0.391. The fraction of sp³-hybridized carbons (Fsp3) is 0.0526. The second-order valence-corrected chi connectivity index (χ2v) is 7.10. The van der Waals surface area contributed by atoms with Gasteiger partial charge in [0.2, 0.25) is 10.0 Å². The van der Waals surface area contributed by atoms with Crippen LogP contribution in [0.25, 0.3) is 11.3 Å². The first-order valence-corrected chi connectivity index (χ1v) is 9.15. The van der Waals surface area contributed by atoms with Crippen LogP contribution in [0.1, 0.15) is 10.5 Å². The third-order valence-electron chi connectivity index (χ3n) is 3.58. The Balaban J connectivity index is 1.74. The third-order valence-corrected chi connectivity index (χ3v) is 5.00. The van der Waals surface area contributed by atoms with Crippen molar-refractivity contribution < 1.29 is 13.2 Å². The molecule has 0 aliphatic rings. The molecular weight excluding hydrogens is 336 g/mol. The van der Waals surface area contributed by atoms with E-state index in [0.29, 0.717) is 5.69 Å². The lowest BCUT2D eigenvalue weighted by Crippen LogP contribution is -2.30. The van der Waals surface area contributed by atoms with Gasteiger partial charge in [0.1, 0.15) is 5.69 Å². The van der Waals surface area contributed by atoms with Crippen LogP contribution in [-0.4, -0.2) is 25.7 Å². The van der Waals surface area contributed by atoms with Crippen molar-refractivity contribution in [3.63, 3.8) is 0 Å². The number of hydrogen-bond donors (Lipinski definition) is 1. The van der Waals surface area contributed by atoms with Crippen LogP contribution in [0.15, 0.2) is 83.8 Å². The van der Waals surface area contributed by atoms with E-state index in [2.05, 4.69) is 9.71 Å². The molecule has 0 saturated heterocycles. The molecule has 0 radical (unpaired) electrons. The number of Topliss-reactive ketones (excluding diaryl/α,β-unsaturated/α-hetero) is 1. The Kier molecular flexibility index (Phi) is 5.02. The van der Waals surface area contributed by atoms with Gasteiger partial charge in [-0.05, 0) is 24.3 Å². The number of benzene rings is 2. The van der Waals surface area contributed by atoms with E-state index in [4.69, 9.17) is 0 Å². The highest BCUT2D eigenvalue weighted by Gasteiger charge is 2.16. The van der Waals surface area contributed by atoms with Gasteiger partial charge in [-0.3, -0.25) is 4.79 Å². The minimum absolute atomic E-state index is 0.119. The zero-order valence-corrected chi connectivity index (χ0v) is 14.1. The Hall–Kier alpha value is -2.83. The van der Waals surface area contributed by atoms with Crippen molar-refractivity contribution >= 4 is 15.8 Å². The highest BCUT2D eigenvalue weighted by Crippen LogP contribution is 2.16. The molecule has 0 amide bonds. The van der Waals surface area contributed by atoms with Crippen LogP contribution in [0.5, 0.6) is 0 Å². The molecule has 1 N–H and O–H groups in total. The molecular formula is C19H16N2O3S. The van der Waals surface area contributed by atoms with Crippen molar-refractivity contribution in [3.8, 4) is 11.3 Å². The first-order valence-electron chi connectivity index (χ1n) is 7.67. The lowest BCUT2D eigenvalue weighted by molar-refractivity contribution is 0.0992. The van der Waals surface area contributed by atoms with Gasteiger partial charge < -0.3 is 0 Å². The molecule has 0 fully saturated rings. The number of aromatic nitrogens is 1.